The third-order valence-electron chi connectivity index (χ3n) is 2.43. The molecule has 0 saturated carbocycles. The monoisotopic (exact) mass is 242 g/mol. The summed E-state index contributed by atoms with van der Waals surface area (Å²) in [7, 11) is 0. The zero-order valence-corrected chi connectivity index (χ0v) is 10.5. The maximum atomic E-state index is 5.87. The number of halogens is 1. The topological polar surface area (TPSA) is 0 Å². The number of thiophene rings is 1. The van der Waals surface area contributed by atoms with Crippen LogP contribution in [0.4, 0.5) is 0 Å². The molecule has 0 radical (unpaired) electrons. The van der Waals surface area contributed by atoms with Gasteiger partial charge in [-0.05, 0) is 24.3 Å². The van der Waals surface area contributed by atoms with E-state index < -0.39 is 0 Å². The van der Waals surface area contributed by atoms with E-state index in [-0.39, 0.29) is 0 Å². The fraction of sp³-hybridized carbons (Fsp3) is 0.273. The largest absolute Gasteiger partial charge is 0.142 e. The summed E-state index contributed by atoms with van der Waals surface area (Å²) in [6.07, 6.45) is 2.12. The normalized spacial score (nSPS) is 11.1. The van der Waals surface area contributed by atoms with Crippen LogP contribution in [0, 0.1) is 6.92 Å². The zero-order chi connectivity index (χ0) is 10.1. The summed E-state index contributed by atoms with van der Waals surface area (Å²) in [5, 5.41) is 3.59. The Hall–Kier alpha value is -0.180. The highest BCUT2D eigenvalue weighted by atomic mass is 35.5. The van der Waals surface area contributed by atoms with Crippen LogP contribution in [-0.4, -0.2) is 6.26 Å². The highest BCUT2D eigenvalue weighted by Crippen LogP contribution is 2.35. The molecule has 0 N–H and O–H groups in total. The fourth-order valence-electron chi connectivity index (χ4n) is 1.56. The third-order valence-corrected chi connectivity index (χ3v) is 4.76. The van der Waals surface area contributed by atoms with Crippen molar-refractivity contribution >= 4 is 44.8 Å². The average molecular weight is 243 g/mol. The van der Waals surface area contributed by atoms with E-state index in [1.54, 1.807) is 11.8 Å². The predicted molar refractivity (Wildman–Crippen MR) is 67.9 cm³/mol. The Balaban J connectivity index is 2.72. The number of aryl methyl sites for hydroxylation is 1. The van der Waals surface area contributed by atoms with Crippen LogP contribution in [0.2, 0.25) is 0 Å². The lowest BCUT2D eigenvalue weighted by atomic mass is 10.1. The minimum atomic E-state index is 0.605. The van der Waals surface area contributed by atoms with Gasteiger partial charge in [0.15, 0.2) is 0 Å². The van der Waals surface area contributed by atoms with Crippen LogP contribution in [0.5, 0.6) is 0 Å². The van der Waals surface area contributed by atoms with Gasteiger partial charge in [0.05, 0.1) is 0 Å². The smallest absolute Gasteiger partial charge is 0.0477 e. The summed E-state index contributed by atoms with van der Waals surface area (Å²) in [5.74, 6) is 0.605. The minimum Gasteiger partial charge on any atom is -0.142 e. The first-order valence-electron chi connectivity index (χ1n) is 4.37. The molecule has 2 aromatic rings. The van der Waals surface area contributed by atoms with E-state index in [2.05, 4.69) is 30.7 Å². The van der Waals surface area contributed by atoms with Gasteiger partial charge in [0.1, 0.15) is 0 Å². The molecule has 0 atom stereocenters. The quantitative estimate of drug-likeness (QED) is 0.545. The standard InChI is InChI=1S/C11H11ClS2/c1-7-8(5-12)3-4-9-10(13-2)6-14-11(7)9/h3-4,6H,5H2,1-2H3. The third kappa shape index (κ3) is 1.56. The molecular weight excluding hydrogens is 232 g/mol. The van der Waals surface area contributed by atoms with Crippen molar-refractivity contribution in [3.63, 3.8) is 0 Å². The lowest BCUT2D eigenvalue weighted by Gasteiger charge is -2.03. The first kappa shape index (κ1) is 10.3. The van der Waals surface area contributed by atoms with Crippen molar-refractivity contribution < 1.29 is 0 Å². The molecule has 2 rings (SSSR count). The fourth-order valence-corrected chi connectivity index (χ4v) is 3.80. The molecule has 0 amide bonds. The lowest BCUT2D eigenvalue weighted by Crippen LogP contribution is -1.83. The Morgan fingerprint density at radius 3 is 2.86 bits per heavy atom. The van der Waals surface area contributed by atoms with E-state index in [0.29, 0.717) is 5.88 Å². The number of rotatable bonds is 2. The van der Waals surface area contributed by atoms with Crippen molar-refractivity contribution in [2.24, 2.45) is 0 Å². The molecule has 0 unspecified atom stereocenters. The van der Waals surface area contributed by atoms with Crippen molar-refractivity contribution in [3.8, 4) is 0 Å². The molecule has 0 aliphatic heterocycles. The van der Waals surface area contributed by atoms with E-state index in [9.17, 15) is 0 Å². The second-order valence-electron chi connectivity index (χ2n) is 3.16. The Morgan fingerprint density at radius 2 is 2.21 bits per heavy atom. The van der Waals surface area contributed by atoms with E-state index in [4.69, 9.17) is 11.6 Å². The van der Waals surface area contributed by atoms with Crippen molar-refractivity contribution in [1.82, 2.24) is 0 Å². The number of thioether (sulfide) groups is 1. The molecule has 0 bridgehead atoms. The molecule has 3 heteroatoms. The van der Waals surface area contributed by atoms with Crippen molar-refractivity contribution in [2.45, 2.75) is 17.7 Å². The maximum Gasteiger partial charge on any atom is 0.0477 e. The van der Waals surface area contributed by atoms with Crippen molar-refractivity contribution in [3.05, 3.63) is 28.6 Å². The number of alkyl halides is 1. The molecular formula is C11H11ClS2. The van der Waals surface area contributed by atoms with Crippen LogP contribution in [0.1, 0.15) is 11.1 Å². The van der Waals surface area contributed by atoms with Gasteiger partial charge >= 0.3 is 0 Å². The maximum absolute atomic E-state index is 5.87. The Morgan fingerprint density at radius 1 is 1.43 bits per heavy atom. The summed E-state index contributed by atoms with van der Waals surface area (Å²) >= 11 is 9.49. The molecule has 0 saturated heterocycles. The van der Waals surface area contributed by atoms with Crippen LogP contribution >= 0.6 is 34.7 Å². The van der Waals surface area contributed by atoms with Gasteiger partial charge in [0.25, 0.3) is 0 Å². The number of hydrogen-bond acceptors (Lipinski definition) is 2. The first-order valence-corrected chi connectivity index (χ1v) is 7.01. The highest BCUT2D eigenvalue weighted by molar-refractivity contribution is 7.99. The van der Waals surface area contributed by atoms with Gasteiger partial charge < -0.3 is 0 Å². The van der Waals surface area contributed by atoms with Crippen LogP contribution < -0.4 is 0 Å². The molecule has 0 fully saturated rings. The molecule has 14 heavy (non-hydrogen) atoms. The van der Waals surface area contributed by atoms with Crippen molar-refractivity contribution in [1.29, 1.82) is 0 Å². The highest BCUT2D eigenvalue weighted by Gasteiger charge is 2.07. The SMILES string of the molecule is CSc1csc2c(C)c(CCl)ccc12. The second-order valence-corrected chi connectivity index (χ2v) is 5.16. The first-order chi connectivity index (χ1) is 6.77. The molecule has 0 aliphatic rings. The minimum absolute atomic E-state index is 0.605. The zero-order valence-electron chi connectivity index (χ0n) is 8.13. The Labute approximate surface area is 97.3 Å². The van der Waals surface area contributed by atoms with Gasteiger partial charge in [0.2, 0.25) is 0 Å². The van der Waals surface area contributed by atoms with Crippen LogP contribution in [0.15, 0.2) is 22.4 Å². The molecule has 0 spiro atoms. The summed E-state index contributed by atoms with van der Waals surface area (Å²) in [5.41, 5.74) is 2.58. The summed E-state index contributed by atoms with van der Waals surface area (Å²) < 4.78 is 1.38. The number of hydrogen-bond donors (Lipinski definition) is 0. The summed E-state index contributed by atoms with van der Waals surface area (Å²) in [6.45, 7) is 2.15. The average Bonchev–Trinajstić information content (AvgIpc) is 2.62. The molecule has 1 aromatic carbocycles. The molecule has 0 nitrogen and oxygen atoms in total. The van der Waals surface area contributed by atoms with E-state index in [1.807, 2.05) is 11.3 Å². The van der Waals surface area contributed by atoms with Crippen LogP contribution in [-0.2, 0) is 5.88 Å². The lowest BCUT2D eigenvalue weighted by molar-refractivity contribution is 1.34. The predicted octanol–water partition coefficient (Wildman–Crippen LogP) is 4.67. The molecule has 1 aromatic heterocycles. The Kier molecular flexibility index (Phi) is 3.05. The number of benzene rings is 1. The van der Waals surface area contributed by atoms with Gasteiger partial charge in [-0.2, -0.15) is 0 Å². The van der Waals surface area contributed by atoms with Crippen molar-refractivity contribution in [2.75, 3.05) is 6.26 Å². The van der Waals surface area contributed by atoms with Gasteiger partial charge in [-0.25, -0.2) is 0 Å². The van der Waals surface area contributed by atoms with Crippen LogP contribution in [0.25, 0.3) is 10.1 Å². The summed E-state index contributed by atoms with van der Waals surface area (Å²) in [6, 6.07) is 4.32. The van der Waals surface area contributed by atoms with E-state index >= 15 is 0 Å². The second kappa shape index (κ2) is 4.13. The van der Waals surface area contributed by atoms with Gasteiger partial charge in [-0.3, -0.25) is 0 Å². The Bertz CT molecular complexity index is 460. The van der Waals surface area contributed by atoms with E-state index in [0.717, 1.165) is 0 Å². The molecule has 1 heterocycles. The van der Waals surface area contributed by atoms with Gasteiger partial charge in [-0.1, -0.05) is 12.1 Å². The number of fused-ring (bicyclic) bond motifs is 1. The summed E-state index contributed by atoms with van der Waals surface area (Å²) in [4.78, 5) is 1.37. The van der Waals surface area contributed by atoms with Gasteiger partial charge in [-0.15, -0.1) is 34.7 Å². The van der Waals surface area contributed by atoms with Gasteiger partial charge in [0, 0.05) is 26.2 Å². The molecule has 0 aliphatic carbocycles. The van der Waals surface area contributed by atoms with E-state index in [1.165, 1.54) is 26.1 Å². The van der Waals surface area contributed by atoms with Crippen LogP contribution in [0.3, 0.4) is 0 Å². The molecule has 74 valence electrons.